The van der Waals surface area contributed by atoms with E-state index < -0.39 is 26.5 Å². The third-order valence-corrected chi connectivity index (χ3v) is 9.08. The monoisotopic (exact) mass is 663 g/mol. The van der Waals surface area contributed by atoms with E-state index in [1.54, 1.807) is 6.92 Å². The first kappa shape index (κ1) is 44.0. The molecule has 0 aromatic carbocycles. The molecule has 268 valence electrons. The van der Waals surface area contributed by atoms with Crippen LogP contribution in [0.2, 0.25) is 0 Å². The number of rotatable bonds is 35. The van der Waals surface area contributed by atoms with Crippen molar-refractivity contribution in [3.63, 3.8) is 0 Å². The van der Waals surface area contributed by atoms with Gasteiger partial charge in [-0.2, -0.15) is 0 Å². The van der Waals surface area contributed by atoms with Crippen molar-refractivity contribution < 1.29 is 37.9 Å². The SMILES string of the molecule is CCCCCCCCCCCCCCCCCCCCCCCCCCC(=O)NCCOP(=O)(O)OCC(O)COC(=O)CC. The molecule has 0 aliphatic heterocycles. The number of nitrogens with one attached hydrogen (secondary N) is 1. The van der Waals surface area contributed by atoms with Crippen molar-refractivity contribution in [2.24, 2.45) is 0 Å². The first-order valence-corrected chi connectivity index (χ1v) is 20.0. The van der Waals surface area contributed by atoms with Gasteiger partial charge in [-0.25, -0.2) is 4.57 Å². The van der Waals surface area contributed by atoms with E-state index in [2.05, 4.69) is 16.8 Å². The van der Waals surface area contributed by atoms with Gasteiger partial charge in [-0.3, -0.25) is 18.6 Å². The molecule has 10 heteroatoms. The predicted octanol–water partition coefficient (Wildman–Crippen LogP) is 9.32. The molecule has 0 fully saturated rings. The van der Waals surface area contributed by atoms with Gasteiger partial charge in [-0.05, 0) is 6.42 Å². The molecule has 0 saturated carbocycles. The highest BCUT2D eigenvalue weighted by molar-refractivity contribution is 7.47. The number of amides is 1. The fourth-order valence-corrected chi connectivity index (χ4v) is 6.00. The van der Waals surface area contributed by atoms with E-state index in [0.717, 1.165) is 19.3 Å². The van der Waals surface area contributed by atoms with Crippen LogP contribution in [0.1, 0.15) is 181 Å². The number of phosphoric ester groups is 1. The van der Waals surface area contributed by atoms with Crippen LogP contribution in [0.25, 0.3) is 0 Å². The van der Waals surface area contributed by atoms with Crippen LogP contribution in [0, 0.1) is 0 Å². The molecule has 2 unspecified atom stereocenters. The summed E-state index contributed by atoms with van der Waals surface area (Å²) in [4.78, 5) is 32.6. The smallest absolute Gasteiger partial charge is 0.463 e. The quantitative estimate of drug-likeness (QED) is 0.0347. The average Bonchev–Trinajstić information content (AvgIpc) is 3.03. The molecule has 0 aliphatic carbocycles. The number of hydrogen-bond donors (Lipinski definition) is 3. The number of aliphatic hydroxyl groups excluding tert-OH is 1. The van der Waals surface area contributed by atoms with Gasteiger partial charge in [0.1, 0.15) is 12.7 Å². The second kappa shape index (κ2) is 32.9. The highest BCUT2D eigenvalue weighted by Gasteiger charge is 2.23. The Morgan fingerprint density at radius 2 is 1.02 bits per heavy atom. The summed E-state index contributed by atoms with van der Waals surface area (Å²) in [5, 5.41) is 12.3. The van der Waals surface area contributed by atoms with Gasteiger partial charge >= 0.3 is 13.8 Å². The maximum absolute atomic E-state index is 12.0. The number of hydrogen-bond acceptors (Lipinski definition) is 7. The van der Waals surface area contributed by atoms with E-state index in [-0.39, 0.29) is 32.1 Å². The normalized spacial score (nSPS) is 13.4. The minimum absolute atomic E-state index is 0.0861. The molecule has 9 nitrogen and oxygen atoms in total. The summed E-state index contributed by atoms with van der Waals surface area (Å²) in [5.74, 6) is -0.599. The van der Waals surface area contributed by atoms with Gasteiger partial charge in [0.2, 0.25) is 5.91 Å². The summed E-state index contributed by atoms with van der Waals surface area (Å²) in [7, 11) is -4.37. The van der Waals surface area contributed by atoms with Crippen LogP contribution in [0.15, 0.2) is 0 Å². The summed E-state index contributed by atoms with van der Waals surface area (Å²) in [5.41, 5.74) is 0. The number of aliphatic hydroxyl groups is 1. The zero-order valence-corrected chi connectivity index (χ0v) is 30.0. The summed E-state index contributed by atoms with van der Waals surface area (Å²) >= 11 is 0. The third kappa shape index (κ3) is 34.2. The fraction of sp³-hybridized carbons (Fsp3) is 0.943. The molecule has 0 rings (SSSR count). The molecule has 45 heavy (non-hydrogen) atoms. The Labute approximate surface area is 275 Å². The van der Waals surface area contributed by atoms with E-state index in [1.807, 2.05) is 0 Å². The van der Waals surface area contributed by atoms with Crippen LogP contribution in [-0.2, 0) is 27.9 Å². The molecule has 0 bridgehead atoms. The van der Waals surface area contributed by atoms with Crippen LogP contribution >= 0.6 is 7.82 Å². The summed E-state index contributed by atoms with van der Waals surface area (Å²) in [6.07, 6.45) is 31.5. The maximum atomic E-state index is 12.0. The molecule has 0 radical (unpaired) electrons. The van der Waals surface area contributed by atoms with Crippen molar-refractivity contribution in [3.05, 3.63) is 0 Å². The van der Waals surface area contributed by atoms with Crippen LogP contribution in [-0.4, -0.2) is 54.3 Å². The van der Waals surface area contributed by atoms with Gasteiger partial charge in [0.25, 0.3) is 0 Å². The molecule has 0 aromatic rings. The number of carbonyl (C=O) groups is 2. The second-order valence-electron chi connectivity index (χ2n) is 12.5. The van der Waals surface area contributed by atoms with E-state index >= 15 is 0 Å². The lowest BCUT2D eigenvalue weighted by Gasteiger charge is -2.15. The topological polar surface area (TPSA) is 131 Å². The fourth-order valence-electron chi connectivity index (χ4n) is 5.24. The Morgan fingerprint density at radius 3 is 1.42 bits per heavy atom. The third-order valence-electron chi connectivity index (χ3n) is 8.09. The highest BCUT2D eigenvalue weighted by atomic mass is 31.2. The van der Waals surface area contributed by atoms with Crippen molar-refractivity contribution in [1.29, 1.82) is 0 Å². The summed E-state index contributed by atoms with van der Waals surface area (Å²) < 4.78 is 26.0. The molecule has 2 atom stereocenters. The number of ether oxygens (including phenoxy) is 1. The van der Waals surface area contributed by atoms with E-state index in [1.165, 1.54) is 135 Å². The van der Waals surface area contributed by atoms with Gasteiger partial charge in [0.15, 0.2) is 0 Å². The van der Waals surface area contributed by atoms with Crippen LogP contribution < -0.4 is 5.32 Å². The van der Waals surface area contributed by atoms with Crippen LogP contribution in [0.3, 0.4) is 0 Å². The van der Waals surface area contributed by atoms with Crippen molar-refractivity contribution in [3.8, 4) is 0 Å². The van der Waals surface area contributed by atoms with Gasteiger partial charge in [0, 0.05) is 19.4 Å². The number of carbonyl (C=O) groups excluding carboxylic acids is 2. The van der Waals surface area contributed by atoms with Gasteiger partial charge in [-0.15, -0.1) is 0 Å². The average molecular weight is 664 g/mol. The molecule has 0 saturated heterocycles. The molecule has 0 aliphatic rings. The minimum Gasteiger partial charge on any atom is -0.463 e. The standard InChI is InChI=1S/C35H70NO8P/c1-3-5-6-7-8-9-10-11-12-13-14-15-16-17-18-19-20-21-22-23-24-25-26-27-28-34(38)36-29-30-43-45(40,41)44-32-33(37)31-42-35(39)4-2/h33,37H,3-32H2,1-2H3,(H,36,38)(H,40,41). The van der Waals surface area contributed by atoms with Crippen molar-refractivity contribution in [2.45, 2.75) is 187 Å². The largest absolute Gasteiger partial charge is 0.472 e. The summed E-state index contributed by atoms with van der Waals surface area (Å²) in [6, 6.07) is 0. The van der Waals surface area contributed by atoms with E-state index in [0.29, 0.717) is 6.42 Å². The maximum Gasteiger partial charge on any atom is 0.472 e. The Balaban J connectivity index is 3.36. The zero-order chi connectivity index (χ0) is 33.3. The first-order chi connectivity index (χ1) is 21.8. The Kier molecular flexibility index (Phi) is 32.2. The predicted molar refractivity (Wildman–Crippen MR) is 183 cm³/mol. The van der Waals surface area contributed by atoms with Crippen molar-refractivity contribution >= 4 is 19.7 Å². The lowest BCUT2D eigenvalue weighted by atomic mass is 10.0. The van der Waals surface area contributed by atoms with Crippen molar-refractivity contribution in [2.75, 3.05) is 26.4 Å². The zero-order valence-electron chi connectivity index (χ0n) is 29.1. The Morgan fingerprint density at radius 1 is 0.622 bits per heavy atom. The molecule has 3 N–H and O–H groups in total. The van der Waals surface area contributed by atoms with Crippen LogP contribution in [0.4, 0.5) is 0 Å². The Bertz CT molecular complexity index is 724. The molecular formula is C35H70NO8P. The van der Waals surface area contributed by atoms with Gasteiger partial charge in [0.05, 0.1) is 13.2 Å². The minimum atomic E-state index is -4.37. The van der Waals surface area contributed by atoms with Crippen molar-refractivity contribution in [1.82, 2.24) is 5.32 Å². The first-order valence-electron chi connectivity index (χ1n) is 18.5. The number of unbranched alkanes of at least 4 members (excludes halogenated alkanes) is 23. The molecule has 0 heterocycles. The highest BCUT2D eigenvalue weighted by Crippen LogP contribution is 2.42. The van der Waals surface area contributed by atoms with E-state index in [4.69, 9.17) is 9.26 Å². The number of phosphoric acid groups is 1. The van der Waals surface area contributed by atoms with Gasteiger partial charge in [-0.1, -0.05) is 162 Å². The van der Waals surface area contributed by atoms with Crippen LogP contribution in [0.5, 0.6) is 0 Å². The Hall–Kier alpha value is -0.990. The number of esters is 1. The van der Waals surface area contributed by atoms with E-state index in [9.17, 15) is 24.2 Å². The molecule has 0 spiro atoms. The second-order valence-corrected chi connectivity index (χ2v) is 14.0. The molecule has 1 amide bonds. The summed E-state index contributed by atoms with van der Waals surface area (Å²) in [6.45, 7) is 2.94. The lowest BCUT2D eigenvalue weighted by Crippen LogP contribution is -2.27. The lowest BCUT2D eigenvalue weighted by molar-refractivity contribution is -0.146. The van der Waals surface area contributed by atoms with Gasteiger partial charge < -0.3 is 20.1 Å². The molecular weight excluding hydrogens is 593 g/mol. The molecule has 0 aromatic heterocycles.